The molecule has 0 aliphatic heterocycles. The summed E-state index contributed by atoms with van der Waals surface area (Å²) < 4.78 is 0. The summed E-state index contributed by atoms with van der Waals surface area (Å²) in [6.07, 6.45) is 18.5. The molecule has 176 valence electrons. The Morgan fingerprint density at radius 2 is 1.75 bits per heavy atom. The van der Waals surface area contributed by atoms with E-state index in [2.05, 4.69) is 62.2 Å². The van der Waals surface area contributed by atoms with Crippen LogP contribution in [0.5, 0.6) is 0 Å². The van der Waals surface area contributed by atoms with Crippen molar-refractivity contribution in [3.05, 3.63) is 48.6 Å². The maximum Gasteiger partial charge on any atom is 0.0205 e. The molecular formula is C31H47N. The molecule has 1 aromatic rings. The Morgan fingerprint density at radius 1 is 0.969 bits per heavy atom. The second-order valence-electron chi connectivity index (χ2n) is 12.3. The van der Waals surface area contributed by atoms with Gasteiger partial charge in [0, 0.05) is 6.54 Å². The molecule has 8 atom stereocenters. The van der Waals surface area contributed by atoms with Crippen LogP contribution in [0.25, 0.3) is 0 Å². The lowest BCUT2D eigenvalue weighted by atomic mass is 9.41. The van der Waals surface area contributed by atoms with Crippen LogP contribution in [-0.2, 0) is 6.54 Å². The predicted octanol–water partition coefficient (Wildman–Crippen LogP) is 8.02. The standard InChI is InChI=1S/C31H47N/c1-4-30-18-16-27-26(28(30)15-14-23(3)20-30)17-19-31(5-2)25(12-9-13-29(27)31)22-32-21-24-10-7-6-8-11-24/h4,6-8,10-11,23,25-29,32H,1,5,9,12-22H2,2-3H3/t23-,25+,26?,27?,28+,29?,30+,31+/m0/s1. The molecule has 0 aromatic heterocycles. The third-order valence-electron chi connectivity index (χ3n) is 11.2. The van der Waals surface area contributed by atoms with Gasteiger partial charge in [0.2, 0.25) is 0 Å². The van der Waals surface area contributed by atoms with E-state index in [1.165, 1.54) is 82.7 Å². The molecule has 32 heavy (non-hydrogen) atoms. The van der Waals surface area contributed by atoms with E-state index in [9.17, 15) is 0 Å². The van der Waals surface area contributed by atoms with Crippen molar-refractivity contribution >= 4 is 0 Å². The molecule has 4 saturated carbocycles. The lowest BCUT2D eigenvalue weighted by molar-refractivity contribution is -0.133. The summed E-state index contributed by atoms with van der Waals surface area (Å²) in [4.78, 5) is 0. The fourth-order valence-corrected chi connectivity index (χ4v) is 9.73. The van der Waals surface area contributed by atoms with Crippen LogP contribution in [0.15, 0.2) is 43.0 Å². The number of hydrogen-bond acceptors (Lipinski definition) is 1. The van der Waals surface area contributed by atoms with Gasteiger partial charge in [-0.2, -0.15) is 0 Å². The average Bonchev–Trinajstić information content (AvgIpc) is 2.84. The Kier molecular flexibility index (Phi) is 6.58. The van der Waals surface area contributed by atoms with Crippen LogP contribution < -0.4 is 5.32 Å². The van der Waals surface area contributed by atoms with E-state index in [4.69, 9.17) is 0 Å². The average molecular weight is 434 g/mol. The van der Waals surface area contributed by atoms with Crippen molar-refractivity contribution in [3.63, 3.8) is 0 Å². The van der Waals surface area contributed by atoms with Crippen molar-refractivity contribution < 1.29 is 0 Å². The quantitative estimate of drug-likeness (QED) is 0.448. The molecular weight excluding hydrogens is 386 g/mol. The molecule has 5 rings (SSSR count). The Hall–Kier alpha value is -1.08. The van der Waals surface area contributed by atoms with Gasteiger partial charge in [-0.15, -0.1) is 6.58 Å². The second kappa shape index (κ2) is 9.28. The van der Waals surface area contributed by atoms with E-state index in [0.29, 0.717) is 10.8 Å². The highest BCUT2D eigenvalue weighted by molar-refractivity contribution is 5.15. The summed E-state index contributed by atoms with van der Waals surface area (Å²) in [7, 11) is 0. The summed E-state index contributed by atoms with van der Waals surface area (Å²) in [5, 5.41) is 3.89. The van der Waals surface area contributed by atoms with Crippen molar-refractivity contribution in [1.29, 1.82) is 0 Å². The molecule has 1 heteroatoms. The number of nitrogens with one attached hydrogen (secondary N) is 1. The topological polar surface area (TPSA) is 12.0 Å². The molecule has 1 N–H and O–H groups in total. The molecule has 4 fully saturated rings. The fraction of sp³-hybridized carbons (Fsp3) is 0.742. The monoisotopic (exact) mass is 433 g/mol. The van der Waals surface area contributed by atoms with Gasteiger partial charge < -0.3 is 5.32 Å². The number of hydrogen-bond donors (Lipinski definition) is 1. The van der Waals surface area contributed by atoms with Crippen LogP contribution >= 0.6 is 0 Å². The molecule has 3 unspecified atom stereocenters. The van der Waals surface area contributed by atoms with Crippen molar-refractivity contribution in [2.45, 2.75) is 91.0 Å². The van der Waals surface area contributed by atoms with Gasteiger partial charge in [0.15, 0.2) is 0 Å². The Labute approximate surface area is 197 Å². The molecule has 0 radical (unpaired) electrons. The van der Waals surface area contributed by atoms with Gasteiger partial charge in [0.05, 0.1) is 0 Å². The SMILES string of the molecule is C=C[C@]12CCC3C(CC[C@@]4(CC)C3CCC[C@@H]4CNCc3ccccc3)[C@H]1CC[C@H](C)C2. The Bertz CT molecular complexity index is 770. The molecule has 4 aliphatic carbocycles. The third-order valence-corrected chi connectivity index (χ3v) is 11.2. The van der Waals surface area contributed by atoms with Crippen molar-refractivity contribution in [3.8, 4) is 0 Å². The van der Waals surface area contributed by atoms with Crippen LogP contribution in [-0.4, -0.2) is 6.54 Å². The predicted molar refractivity (Wildman–Crippen MR) is 136 cm³/mol. The first-order valence-electron chi connectivity index (χ1n) is 14.0. The Morgan fingerprint density at radius 3 is 2.53 bits per heavy atom. The van der Waals surface area contributed by atoms with Crippen LogP contribution in [0, 0.1) is 46.3 Å². The minimum Gasteiger partial charge on any atom is -0.312 e. The van der Waals surface area contributed by atoms with Crippen LogP contribution in [0.1, 0.15) is 90.0 Å². The minimum atomic E-state index is 0.469. The summed E-state index contributed by atoms with van der Waals surface area (Å²) >= 11 is 0. The minimum absolute atomic E-state index is 0.469. The largest absolute Gasteiger partial charge is 0.312 e. The molecule has 0 saturated heterocycles. The van der Waals surface area contributed by atoms with Gasteiger partial charge in [-0.05, 0) is 116 Å². The maximum atomic E-state index is 4.41. The van der Waals surface area contributed by atoms with E-state index in [-0.39, 0.29) is 0 Å². The summed E-state index contributed by atoms with van der Waals surface area (Å²) in [5.74, 6) is 5.65. The molecule has 0 amide bonds. The molecule has 1 aromatic carbocycles. The number of allylic oxidation sites excluding steroid dienone is 1. The second-order valence-corrected chi connectivity index (χ2v) is 12.3. The highest BCUT2D eigenvalue weighted by atomic mass is 14.9. The van der Waals surface area contributed by atoms with Crippen LogP contribution in [0.2, 0.25) is 0 Å². The molecule has 4 aliphatic rings. The number of rotatable bonds is 6. The highest BCUT2D eigenvalue weighted by Gasteiger charge is 2.58. The zero-order chi connectivity index (χ0) is 22.2. The molecule has 1 nitrogen and oxygen atoms in total. The van der Waals surface area contributed by atoms with Gasteiger partial charge >= 0.3 is 0 Å². The lowest BCUT2D eigenvalue weighted by Crippen LogP contribution is -2.56. The van der Waals surface area contributed by atoms with Crippen LogP contribution in [0.3, 0.4) is 0 Å². The summed E-state index contributed by atoms with van der Waals surface area (Å²) in [5.41, 5.74) is 2.49. The fourth-order valence-electron chi connectivity index (χ4n) is 9.73. The third kappa shape index (κ3) is 3.81. The zero-order valence-electron chi connectivity index (χ0n) is 20.8. The maximum absolute atomic E-state index is 4.41. The summed E-state index contributed by atoms with van der Waals surface area (Å²) in [6, 6.07) is 11.0. The van der Waals surface area contributed by atoms with Gasteiger partial charge in [-0.3, -0.25) is 0 Å². The summed E-state index contributed by atoms with van der Waals surface area (Å²) in [6.45, 7) is 11.7. The normalized spacial score (nSPS) is 43.6. The zero-order valence-corrected chi connectivity index (χ0v) is 20.8. The Balaban J connectivity index is 1.32. The van der Waals surface area contributed by atoms with E-state index in [1.54, 1.807) is 0 Å². The number of fused-ring (bicyclic) bond motifs is 5. The van der Waals surface area contributed by atoms with E-state index >= 15 is 0 Å². The van der Waals surface area contributed by atoms with E-state index in [0.717, 1.165) is 42.1 Å². The smallest absolute Gasteiger partial charge is 0.0205 e. The van der Waals surface area contributed by atoms with Gasteiger partial charge in [-0.25, -0.2) is 0 Å². The van der Waals surface area contributed by atoms with Crippen LogP contribution in [0.4, 0.5) is 0 Å². The highest BCUT2D eigenvalue weighted by Crippen LogP contribution is 2.66. The van der Waals surface area contributed by atoms with Crippen molar-refractivity contribution in [2.24, 2.45) is 46.3 Å². The molecule has 0 spiro atoms. The van der Waals surface area contributed by atoms with Crippen molar-refractivity contribution in [2.75, 3.05) is 6.54 Å². The number of benzene rings is 1. The first-order valence-corrected chi connectivity index (χ1v) is 14.0. The van der Waals surface area contributed by atoms with Gasteiger partial charge in [0.1, 0.15) is 0 Å². The molecule has 0 heterocycles. The van der Waals surface area contributed by atoms with Gasteiger partial charge in [-0.1, -0.05) is 63.1 Å². The van der Waals surface area contributed by atoms with E-state index < -0.39 is 0 Å². The molecule has 0 bridgehead atoms. The lowest BCUT2D eigenvalue weighted by Gasteiger charge is -2.64. The first-order chi connectivity index (χ1) is 15.6. The van der Waals surface area contributed by atoms with Crippen molar-refractivity contribution in [1.82, 2.24) is 5.32 Å². The first kappa shape index (κ1) is 22.7. The van der Waals surface area contributed by atoms with E-state index in [1.807, 2.05) is 0 Å². The van der Waals surface area contributed by atoms with Gasteiger partial charge in [0.25, 0.3) is 0 Å².